The molecule has 0 aromatic carbocycles. The Morgan fingerprint density at radius 1 is 1.50 bits per heavy atom. The fourth-order valence-electron chi connectivity index (χ4n) is 0.973. The van der Waals surface area contributed by atoms with Crippen molar-refractivity contribution in [3.8, 4) is 6.07 Å². The number of aliphatic hydroxyl groups is 1. The minimum Gasteiger partial charge on any atom is -0.389 e. The van der Waals surface area contributed by atoms with Gasteiger partial charge in [0.25, 0.3) is 0 Å². The normalized spacial score (nSPS) is 15.7. The average Bonchev–Trinajstić information content (AvgIpc) is 2.03. The molecular weight excluding hydrogens is 152 g/mol. The van der Waals surface area contributed by atoms with E-state index in [4.69, 9.17) is 5.26 Å². The first-order chi connectivity index (χ1) is 5.55. The van der Waals surface area contributed by atoms with Gasteiger partial charge in [-0.2, -0.15) is 5.26 Å². The van der Waals surface area contributed by atoms with Crippen LogP contribution < -0.4 is 0 Å². The molecule has 0 heterocycles. The zero-order chi connectivity index (χ0) is 9.61. The molecule has 0 aliphatic heterocycles. The lowest BCUT2D eigenvalue weighted by molar-refractivity contribution is 0.0215. The summed E-state index contributed by atoms with van der Waals surface area (Å²) >= 11 is 0. The van der Waals surface area contributed by atoms with Crippen LogP contribution >= 0.6 is 0 Å². The maximum absolute atomic E-state index is 9.70. The van der Waals surface area contributed by atoms with Crippen molar-refractivity contribution < 1.29 is 5.11 Å². The molecule has 1 unspecified atom stereocenters. The number of rotatable bonds is 5. The molecule has 0 aromatic rings. The van der Waals surface area contributed by atoms with Gasteiger partial charge in [-0.05, 0) is 19.9 Å². The van der Waals surface area contributed by atoms with Gasteiger partial charge in [-0.25, -0.2) is 0 Å². The third-order valence-electron chi connectivity index (χ3n) is 2.07. The van der Waals surface area contributed by atoms with Gasteiger partial charge in [0.1, 0.15) is 0 Å². The predicted octanol–water partition coefficient (Wildman–Crippen LogP) is 0.993. The van der Waals surface area contributed by atoms with E-state index >= 15 is 0 Å². The summed E-state index contributed by atoms with van der Waals surface area (Å²) in [6.45, 7) is 7.51. The molecule has 3 nitrogen and oxygen atoms in total. The Morgan fingerprint density at radius 3 is 2.42 bits per heavy atom. The fraction of sp³-hybridized carbons (Fsp3) is 0.889. The highest BCUT2D eigenvalue weighted by atomic mass is 16.3. The van der Waals surface area contributed by atoms with E-state index in [2.05, 4.69) is 6.07 Å². The van der Waals surface area contributed by atoms with Crippen molar-refractivity contribution in [2.75, 3.05) is 19.6 Å². The molecule has 0 rings (SSSR count). The van der Waals surface area contributed by atoms with E-state index < -0.39 is 5.60 Å². The van der Waals surface area contributed by atoms with Crippen molar-refractivity contribution in [3.05, 3.63) is 0 Å². The van der Waals surface area contributed by atoms with Crippen molar-refractivity contribution in [1.82, 2.24) is 4.90 Å². The smallest absolute Gasteiger partial charge is 0.0866 e. The Hall–Kier alpha value is -0.590. The monoisotopic (exact) mass is 170 g/mol. The van der Waals surface area contributed by atoms with E-state index in [0.717, 1.165) is 13.0 Å². The van der Waals surface area contributed by atoms with Gasteiger partial charge in [-0.3, -0.25) is 4.90 Å². The third-order valence-corrected chi connectivity index (χ3v) is 2.07. The van der Waals surface area contributed by atoms with E-state index in [0.29, 0.717) is 13.1 Å². The third kappa shape index (κ3) is 4.32. The van der Waals surface area contributed by atoms with Crippen molar-refractivity contribution in [2.24, 2.45) is 0 Å². The summed E-state index contributed by atoms with van der Waals surface area (Å²) in [5, 5.41) is 18.2. The lowest BCUT2D eigenvalue weighted by Gasteiger charge is -2.28. The summed E-state index contributed by atoms with van der Waals surface area (Å²) in [6.07, 6.45) is 0.717. The topological polar surface area (TPSA) is 47.3 Å². The summed E-state index contributed by atoms with van der Waals surface area (Å²) < 4.78 is 0. The zero-order valence-corrected chi connectivity index (χ0v) is 8.17. The molecule has 0 fully saturated rings. The SMILES string of the molecule is CCN(CC#N)CC(C)(O)CC. The summed E-state index contributed by atoms with van der Waals surface area (Å²) in [4.78, 5) is 1.93. The van der Waals surface area contributed by atoms with Crippen molar-refractivity contribution >= 4 is 0 Å². The van der Waals surface area contributed by atoms with Crippen molar-refractivity contribution in [3.63, 3.8) is 0 Å². The summed E-state index contributed by atoms with van der Waals surface area (Å²) in [6, 6.07) is 2.08. The van der Waals surface area contributed by atoms with Crippen LogP contribution in [0.25, 0.3) is 0 Å². The van der Waals surface area contributed by atoms with Crippen molar-refractivity contribution in [1.29, 1.82) is 5.26 Å². The molecule has 12 heavy (non-hydrogen) atoms. The second-order valence-corrected chi connectivity index (χ2v) is 3.31. The predicted molar refractivity (Wildman–Crippen MR) is 48.6 cm³/mol. The summed E-state index contributed by atoms with van der Waals surface area (Å²) in [5.74, 6) is 0. The lowest BCUT2D eigenvalue weighted by atomic mass is 10.0. The fourth-order valence-corrected chi connectivity index (χ4v) is 0.973. The average molecular weight is 170 g/mol. The van der Waals surface area contributed by atoms with Crippen LogP contribution in [-0.2, 0) is 0 Å². The first-order valence-corrected chi connectivity index (χ1v) is 4.37. The molecule has 0 radical (unpaired) electrons. The molecule has 0 aromatic heterocycles. The second kappa shape index (κ2) is 5.13. The number of nitrogens with zero attached hydrogens (tertiary/aromatic N) is 2. The Labute approximate surface area is 74.6 Å². The molecule has 0 bridgehead atoms. The van der Waals surface area contributed by atoms with Gasteiger partial charge in [0.05, 0.1) is 18.2 Å². The first-order valence-electron chi connectivity index (χ1n) is 4.37. The maximum atomic E-state index is 9.70. The van der Waals surface area contributed by atoms with Crippen LogP contribution in [0, 0.1) is 11.3 Å². The van der Waals surface area contributed by atoms with E-state index in [1.165, 1.54) is 0 Å². The van der Waals surface area contributed by atoms with Crippen LogP contribution in [-0.4, -0.2) is 35.2 Å². The van der Waals surface area contributed by atoms with E-state index in [9.17, 15) is 5.11 Å². The molecule has 3 heteroatoms. The minimum absolute atomic E-state index is 0.395. The molecule has 0 aliphatic carbocycles. The van der Waals surface area contributed by atoms with Crippen LogP contribution in [0.15, 0.2) is 0 Å². The molecule has 0 aliphatic rings. The van der Waals surface area contributed by atoms with Crippen molar-refractivity contribution in [2.45, 2.75) is 32.8 Å². The first kappa shape index (κ1) is 11.4. The standard InChI is InChI=1S/C9H18N2O/c1-4-9(3,12)8-11(5-2)7-6-10/h12H,4-5,7-8H2,1-3H3. The Morgan fingerprint density at radius 2 is 2.08 bits per heavy atom. The van der Waals surface area contributed by atoms with Crippen LogP contribution in [0.2, 0.25) is 0 Å². The molecule has 1 N–H and O–H groups in total. The summed E-state index contributed by atoms with van der Waals surface area (Å²) in [5.41, 5.74) is -0.660. The number of hydrogen-bond donors (Lipinski definition) is 1. The number of likely N-dealkylation sites (N-methyl/N-ethyl adjacent to an activating group) is 1. The van der Waals surface area contributed by atoms with Gasteiger partial charge in [-0.1, -0.05) is 13.8 Å². The highest BCUT2D eigenvalue weighted by Crippen LogP contribution is 2.09. The van der Waals surface area contributed by atoms with Gasteiger partial charge in [0.2, 0.25) is 0 Å². The molecule has 70 valence electrons. The molecule has 1 atom stereocenters. The molecular formula is C9H18N2O. The quantitative estimate of drug-likeness (QED) is 0.626. The number of nitriles is 1. The largest absolute Gasteiger partial charge is 0.389 e. The van der Waals surface area contributed by atoms with E-state index in [1.807, 2.05) is 18.7 Å². The van der Waals surface area contributed by atoms with Crippen LogP contribution in [0.5, 0.6) is 0 Å². The maximum Gasteiger partial charge on any atom is 0.0866 e. The van der Waals surface area contributed by atoms with Crippen LogP contribution in [0.3, 0.4) is 0 Å². The highest BCUT2D eigenvalue weighted by molar-refractivity contribution is 4.81. The second-order valence-electron chi connectivity index (χ2n) is 3.31. The lowest BCUT2D eigenvalue weighted by Crippen LogP contribution is -2.40. The summed E-state index contributed by atoms with van der Waals surface area (Å²) in [7, 11) is 0. The van der Waals surface area contributed by atoms with Gasteiger partial charge in [0, 0.05) is 6.54 Å². The van der Waals surface area contributed by atoms with E-state index in [1.54, 1.807) is 6.92 Å². The molecule has 0 spiro atoms. The molecule has 0 saturated heterocycles. The Bertz CT molecular complexity index is 160. The Kier molecular flexibility index (Phi) is 4.87. The van der Waals surface area contributed by atoms with Gasteiger partial charge in [0.15, 0.2) is 0 Å². The molecule has 0 amide bonds. The minimum atomic E-state index is -0.660. The number of hydrogen-bond acceptors (Lipinski definition) is 3. The molecule has 0 saturated carbocycles. The van der Waals surface area contributed by atoms with Gasteiger partial charge >= 0.3 is 0 Å². The highest BCUT2D eigenvalue weighted by Gasteiger charge is 2.20. The van der Waals surface area contributed by atoms with Gasteiger partial charge in [-0.15, -0.1) is 0 Å². The zero-order valence-electron chi connectivity index (χ0n) is 8.17. The van der Waals surface area contributed by atoms with E-state index in [-0.39, 0.29) is 0 Å². The van der Waals surface area contributed by atoms with Crippen LogP contribution in [0.4, 0.5) is 0 Å². The Balaban J connectivity index is 3.94. The van der Waals surface area contributed by atoms with Gasteiger partial charge < -0.3 is 5.11 Å². The van der Waals surface area contributed by atoms with Crippen LogP contribution in [0.1, 0.15) is 27.2 Å².